The lowest BCUT2D eigenvalue weighted by Crippen LogP contribution is -2.49. The van der Waals surface area contributed by atoms with Gasteiger partial charge >= 0.3 is 0 Å². The molecule has 10 rings (SSSR count). The van der Waals surface area contributed by atoms with Crippen LogP contribution in [0.5, 0.6) is 23.1 Å². The van der Waals surface area contributed by atoms with E-state index in [-0.39, 0.29) is 25.5 Å². The second kappa shape index (κ2) is 18.6. The molecule has 0 N–H and O–H groups in total. The van der Waals surface area contributed by atoms with Crippen molar-refractivity contribution in [3.63, 3.8) is 0 Å². The predicted octanol–water partition coefficient (Wildman–Crippen LogP) is 9.70. The molecule has 3 atom stereocenters. The van der Waals surface area contributed by atoms with E-state index < -0.39 is 18.4 Å². The standard InChI is InChI=1S/C47H49Cl2FN6O5S/c1-27-38-28(2)42(49)43(41(27)48)60-36(22-56-18-16-55(3)17-19-56)25-58-34-12-13-37(59-24-33-14-15-51-45(54-33)30-8-10-32(50)11-9-30)31(20-34)21-35(23-57)61-46-40-39(38)44(29-6-4-5-7-29)62-47(40)53-26-52-46/h6,8,12-15,20,23,26,32,35-36H,4-5,7,9-11,16-19,21-22,24-25H2,1-3H3/t32?,35?,36-/m1/s1. The van der Waals surface area contributed by atoms with Gasteiger partial charge in [-0.25, -0.2) is 24.3 Å². The van der Waals surface area contributed by atoms with Crippen LogP contribution < -0.4 is 18.9 Å². The van der Waals surface area contributed by atoms with Gasteiger partial charge in [0.25, 0.3) is 0 Å². The first-order valence-electron chi connectivity index (χ1n) is 21.3. The van der Waals surface area contributed by atoms with Crippen molar-refractivity contribution in [1.82, 2.24) is 29.7 Å². The molecule has 324 valence electrons. The average molecular weight is 900 g/mol. The molecular weight excluding hydrogens is 851 g/mol. The van der Waals surface area contributed by atoms with Crippen LogP contribution in [0, 0.1) is 13.8 Å². The Labute approximate surface area is 374 Å². The molecule has 5 aliphatic rings. The summed E-state index contributed by atoms with van der Waals surface area (Å²) in [7, 11) is 2.13. The van der Waals surface area contributed by atoms with Gasteiger partial charge in [0.1, 0.15) is 48.1 Å². The summed E-state index contributed by atoms with van der Waals surface area (Å²) in [5, 5.41) is 1.53. The van der Waals surface area contributed by atoms with Crippen molar-refractivity contribution in [2.45, 2.75) is 83.8 Å². The first kappa shape index (κ1) is 42.6. The Morgan fingerprint density at radius 2 is 1.81 bits per heavy atom. The number of hydrogen-bond acceptors (Lipinski definition) is 12. The second-order valence-corrected chi connectivity index (χ2v) is 18.3. The van der Waals surface area contributed by atoms with Crippen LogP contribution in [0.2, 0.25) is 10.0 Å². The highest BCUT2D eigenvalue weighted by atomic mass is 35.5. The fourth-order valence-electron chi connectivity index (χ4n) is 8.76. The number of piperazine rings is 1. The summed E-state index contributed by atoms with van der Waals surface area (Å²) in [6, 6.07) is 7.36. The molecule has 3 aromatic heterocycles. The van der Waals surface area contributed by atoms with Gasteiger partial charge < -0.3 is 23.8 Å². The molecule has 5 aromatic rings. The van der Waals surface area contributed by atoms with Crippen molar-refractivity contribution in [2.24, 2.45) is 0 Å². The monoisotopic (exact) mass is 898 g/mol. The number of hydrogen-bond donors (Lipinski definition) is 0. The molecule has 62 heavy (non-hydrogen) atoms. The van der Waals surface area contributed by atoms with Crippen LogP contribution in [-0.4, -0.2) is 101 Å². The molecule has 15 heteroatoms. The Balaban J connectivity index is 1.13. The minimum absolute atomic E-state index is 0.135. The smallest absolute Gasteiger partial charge is 0.226 e. The lowest BCUT2D eigenvalue weighted by molar-refractivity contribution is -0.113. The first-order chi connectivity index (χ1) is 30.1. The van der Waals surface area contributed by atoms with Gasteiger partial charge in [-0.1, -0.05) is 35.4 Å². The summed E-state index contributed by atoms with van der Waals surface area (Å²) in [6.07, 6.45) is 10.4. The number of ether oxygens (including phenoxy) is 4. The van der Waals surface area contributed by atoms with E-state index in [0.29, 0.717) is 75.6 Å². The quantitative estimate of drug-likeness (QED) is 0.139. The first-order valence-corrected chi connectivity index (χ1v) is 22.9. The SMILES string of the molecule is Cc1c(Cl)c2c(Cl)c(C)c1-c1c(C3=CCCC3)sc3ncnc(c13)OC(C=O)Cc1cc(ccc1OCc1ccnc(C3=CCC(F)CC3)n1)OC[C@@H](CN1CCN(C)CC1)O2. The molecule has 0 radical (unpaired) electrons. The van der Waals surface area contributed by atoms with Crippen molar-refractivity contribution in [1.29, 1.82) is 0 Å². The summed E-state index contributed by atoms with van der Waals surface area (Å²) >= 11 is 16.3. The number of halogens is 3. The Morgan fingerprint density at radius 1 is 0.984 bits per heavy atom. The largest absolute Gasteiger partial charge is 0.490 e. The van der Waals surface area contributed by atoms with E-state index in [0.717, 1.165) is 89.3 Å². The highest BCUT2D eigenvalue weighted by Crippen LogP contribution is 2.53. The molecule has 2 aromatic carbocycles. The summed E-state index contributed by atoms with van der Waals surface area (Å²) in [6.45, 7) is 8.56. The molecule has 0 saturated carbocycles. The van der Waals surface area contributed by atoms with Crippen LogP contribution in [-0.2, 0) is 17.8 Å². The number of carbonyl (C=O) groups is 1. The summed E-state index contributed by atoms with van der Waals surface area (Å²) in [5.74, 6) is 2.37. The number of allylic oxidation sites excluding steroid dienone is 4. The minimum Gasteiger partial charge on any atom is -0.490 e. The number of aldehydes is 1. The van der Waals surface area contributed by atoms with Crippen molar-refractivity contribution >= 4 is 62.2 Å². The van der Waals surface area contributed by atoms with Crippen molar-refractivity contribution in [2.75, 3.05) is 46.4 Å². The van der Waals surface area contributed by atoms with E-state index in [4.69, 9.17) is 52.1 Å². The average Bonchev–Trinajstić information content (AvgIpc) is 3.96. The van der Waals surface area contributed by atoms with Crippen LogP contribution in [0.3, 0.4) is 0 Å². The van der Waals surface area contributed by atoms with Crippen LogP contribution in [0.15, 0.2) is 48.9 Å². The zero-order chi connectivity index (χ0) is 42.9. The molecule has 0 spiro atoms. The zero-order valence-corrected chi connectivity index (χ0v) is 37.4. The highest BCUT2D eigenvalue weighted by molar-refractivity contribution is 7.20. The molecule has 2 aliphatic carbocycles. The number of carbonyl (C=O) groups excluding carboxylic acids is 1. The van der Waals surface area contributed by atoms with Crippen LogP contribution >= 0.6 is 34.5 Å². The van der Waals surface area contributed by atoms with Crippen LogP contribution in [0.4, 0.5) is 4.39 Å². The summed E-state index contributed by atoms with van der Waals surface area (Å²) in [4.78, 5) is 38.2. The number of alkyl halides is 1. The maximum atomic E-state index is 13.9. The lowest BCUT2D eigenvalue weighted by atomic mass is 9.91. The zero-order valence-electron chi connectivity index (χ0n) is 35.1. The molecule has 11 nitrogen and oxygen atoms in total. The van der Waals surface area contributed by atoms with E-state index in [9.17, 15) is 9.18 Å². The predicted molar refractivity (Wildman–Crippen MR) is 242 cm³/mol. The lowest BCUT2D eigenvalue weighted by Gasteiger charge is -2.35. The fourth-order valence-corrected chi connectivity index (χ4v) is 10.5. The molecule has 1 fully saturated rings. The van der Waals surface area contributed by atoms with Gasteiger partial charge in [-0.05, 0) is 112 Å². The molecule has 0 amide bonds. The van der Waals surface area contributed by atoms with Crippen LogP contribution in [0.25, 0.3) is 32.5 Å². The molecule has 2 unspecified atom stereocenters. The number of fused-ring (bicyclic) bond motifs is 7. The number of benzene rings is 2. The Bertz CT molecular complexity index is 2530. The Morgan fingerprint density at radius 3 is 2.55 bits per heavy atom. The number of aromatic nitrogens is 4. The van der Waals surface area contributed by atoms with E-state index in [1.165, 1.54) is 11.9 Å². The van der Waals surface area contributed by atoms with Crippen molar-refractivity contribution in [3.8, 4) is 34.3 Å². The van der Waals surface area contributed by atoms with Gasteiger partial charge in [-0.15, -0.1) is 11.3 Å². The maximum Gasteiger partial charge on any atom is 0.226 e. The number of rotatable bonds is 8. The van der Waals surface area contributed by atoms with Gasteiger partial charge in [0, 0.05) is 61.3 Å². The van der Waals surface area contributed by atoms with Gasteiger partial charge in [0.05, 0.1) is 21.1 Å². The molecular formula is C47H49Cl2FN6O5S. The molecule has 3 aliphatic heterocycles. The van der Waals surface area contributed by atoms with Crippen molar-refractivity contribution in [3.05, 3.63) is 92.1 Å². The van der Waals surface area contributed by atoms with Gasteiger partial charge in [0.2, 0.25) is 5.88 Å². The van der Waals surface area contributed by atoms with Gasteiger partial charge in [-0.3, -0.25) is 9.69 Å². The number of thiophene rings is 1. The summed E-state index contributed by atoms with van der Waals surface area (Å²) in [5.41, 5.74) is 6.87. The molecule has 4 bridgehead atoms. The number of likely N-dealkylation sites (N-methyl/N-ethyl adjacent to an activating group) is 1. The third-order valence-electron chi connectivity index (χ3n) is 12.2. The number of nitrogens with zero attached hydrogens (tertiary/aromatic N) is 6. The third kappa shape index (κ3) is 8.92. The van der Waals surface area contributed by atoms with E-state index in [1.807, 2.05) is 38.1 Å². The fraction of sp³-hybridized carbons (Fsp3) is 0.426. The Hall–Kier alpha value is -4.66. The van der Waals surface area contributed by atoms with E-state index in [1.54, 1.807) is 23.6 Å². The van der Waals surface area contributed by atoms with Gasteiger partial charge in [0.15, 0.2) is 24.0 Å². The highest BCUT2D eigenvalue weighted by Gasteiger charge is 2.31. The van der Waals surface area contributed by atoms with Crippen LogP contribution in [0.1, 0.15) is 71.6 Å². The minimum atomic E-state index is -0.962. The normalized spacial score (nSPS) is 21.1. The van der Waals surface area contributed by atoms with E-state index in [2.05, 4.69) is 32.9 Å². The Kier molecular flexibility index (Phi) is 12.8. The molecule has 6 heterocycles. The van der Waals surface area contributed by atoms with Gasteiger partial charge in [-0.2, -0.15) is 0 Å². The topological polar surface area (TPSA) is 112 Å². The van der Waals surface area contributed by atoms with E-state index >= 15 is 0 Å². The summed E-state index contributed by atoms with van der Waals surface area (Å²) < 4.78 is 40.4. The third-order valence-corrected chi connectivity index (χ3v) is 14.3. The molecule has 1 saturated heterocycles. The maximum absolute atomic E-state index is 13.9. The van der Waals surface area contributed by atoms with Crippen molar-refractivity contribution < 1.29 is 28.1 Å². The second-order valence-electron chi connectivity index (χ2n) is 16.6.